The fourth-order valence-corrected chi connectivity index (χ4v) is 4.82. The SMILES string of the molecule is CCCC1O[C@H](C/C=C/c2ccc(/C=C/CC3O[C@H](CO)C(O)[C@H](O)[C@@H]3O)cc2Cl)C(O)C(O)[C@@H]1O. The van der Waals surface area contributed by atoms with Gasteiger partial charge in [0.25, 0.3) is 0 Å². The Morgan fingerprint density at radius 1 is 0.750 bits per heavy atom. The highest BCUT2D eigenvalue weighted by Crippen LogP contribution is 2.28. The maximum Gasteiger partial charge on any atom is 0.111 e. The molecule has 9 nitrogen and oxygen atoms in total. The lowest BCUT2D eigenvalue weighted by atomic mass is 9.91. The van der Waals surface area contributed by atoms with Crippen LogP contribution in [0.5, 0.6) is 0 Å². The molecule has 2 saturated heterocycles. The Hall–Kier alpha value is -1.37. The number of halogens is 1. The smallest absolute Gasteiger partial charge is 0.111 e. The van der Waals surface area contributed by atoms with Gasteiger partial charge >= 0.3 is 0 Å². The minimum absolute atomic E-state index is 0.254. The molecule has 0 aliphatic carbocycles. The average molecular weight is 529 g/mol. The fraction of sp³-hybridized carbons (Fsp3) is 0.615. The van der Waals surface area contributed by atoms with Gasteiger partial charge in [-0.3, -0.25) is 0 Å². The number of aliphatic hydroxyl groups is 7. The molecule has 1 aromatic carbocycles. The molecule has 2 fully saturated rings. The van der Waals surface area contributed by atoms with Gasteiger partial charge in [0.2, 0.25) is 0 Å². The van der Waals surface area contributed by atoms with Crippen LogP contribution in [0.4, 0.5) is 0 Å². The van der Waals surface area contributed by atoms with E-state index in [-0.39, 0.29) is 6.42 Å². The van der Waals surface area contributed by atoms with E-state index in [1.807, 2.05) is 19.1 Å². The van der Waals surface area contributed by atoms with Crippen LogP contribution in [0.15, 0.2) is 30.4 Å². The second-order valence-corrected chi connectivity index (χ2v) is 9.81. The topological polar surface area (TPSA) is 160 Å². The summed E-state index contributed by atoms with van der Waals surface area (Å²) < 4.78 is 11.3. The van der Waals surface area contributed by atoms with Crippen molar-refractivity contribution in [3.8, 4) is 0 Å². The second kappa shape index (κ2) is 13.4. The zero-order valence-corrected chi connectivity index (χ0v) is 20.9. The molecule has 0 bridgehead atoms. The fourth-order valence-electron chi connectivity index (χ4n) is 4.57. The first-order chi connectivity index (χ1) is 17.2. The third-order valence-electron chi connectivity index (χ3n) is 6.74. The van der Waals surface area contributed by atoms with Gasteiger partial charge in [-0.1, -0.05) is 61.4 Å². The van der Waals surface area contributed by atoms with Gasteiger partial charge in [0.05, 0.1) is 24.9 Å². The molecular formula is C26H37ClO9. The zero-order chi connectivity index (χ0) is 26.4. The van der Waals surface area contributed by atoms with Gasteiger partial charge in [-0.15, -0.1) is 0 Å². The van der Waals surface area contributed by atoms with E-state index in [0.717, 1.165) is 17.5 Å². The molecule has 0 saturated carbocycles. The van der Waals surface area contributed by atoms with Crippen LogP contribution in [-0.4, -0.2) is 103 Å². The lowest BCUT2D eigenvalue weighted by Crippen LogP contribution is -2.58. The summed E-state index contributed by atoms with van der Waals surface area (Å²) >= 11 is 6.42. The van der Waals surface area contributed by atoms with Crippen molar-refractivity contribution in [1.82, 2.24) is 0 Å². The summed E-state index contributed by atoms with van der Waals surface area (Å²) in [7, 11) is 0. The van der Waals surface area contributed by atoms with Gasteiger partial charge in [0.15, 0.2) is 0 Å². The van der Waals surface area contributed by atoms with E-state index in [0.29, 0.717) is 17.9 Å². The van der Waals surface area contributed by atoms with Crippen LogP contribution >= 0.6 is 11.6 Å². The van der Waals surface area contributed by atoms with Gasteiger partial charge in [-0.2, -0.15) is 0 Å². The lowest BCUT2D eigenvalue weighted by molar-refractivity contribution is -0.227. The maximum absolute atomic E-state index is 10.3. The third kappa shape index (κ3) is 6.93. The molecule has 0 aromatic heterocycles. The number of ether oxygens (including phenoxy) is 2. The normalized spacial score (nSPS) is 37.7. The molecule has 5 unspecified atom stereocenters. The molecule has 7 N–H and O–H groups in total. The summed E-state index contributed by atoms with van der Waals surface area (Å²) in [6, 6.07) is 5.43. The minimum Gasteiger partial charge on any atom is -0.394 e. The number of aliphatic hydroxyl groups excluding tert-OH is 7. The standard InChI is InChI=1S/C26H37ClO9/c1-2-5-17-21(29)25(33)22(30)18(35-17)9-4-7-15-11-10-14(12-16(15)27)6-3-8-19-23(31)26(34)24(32)20(13-28)36-19/h3-4,6-7,10-12,17-26,28-34H,2,5,8-9,13H2,1H3/b6-3+,7-4+/t17?,18-,19?,20-,21-,22?,23-,24?,25?,26-/m1/s1. The van der Waals surface area contributed by atoms with Crippen LogP contribution < -0.4 is 0 Å². The van der Waals surface area contributed by atoms with E-state index in [1.54, 1.807) is 30.4 Å². The predicted octanol–water partition coefficient (Wildman–Crippen LogP) is 0.639. The molecule has 1 aromatic rings. The Morgan fingerprint density at radius 2 is 1.28 bits per heavy atom. The van der Waals surface area contributed by atoms with Gasteiger partial charge < -0.3 is 45.2 Å². The van der Waals surface area contributed by atoms with Crippen LogP contribution in [0.1, 0.15) is 43.7 Å². The Bertz CT molecular complexity index is 892. The summed E-state index contributed by atoms with van der Waals surface area (Å²) in [4.78, 5) is 0. The van der Waals surface area contributed by atoms with Crippen molar-refractivity contribution < 1.29 is 45.2 Å². The van der Waals surface area contributed by atoms with Gasteiger partial charge in [-0.05, 0) is 36.5 Å². The molecule has 0 amide bonds. The highest BCUT2D eigenvalue weighted by Gasteiger charge is 2.43. The van der Waals surface area contributed by atoms with E-state index in [4.69, 9.17) is 21.1 Å². The van der Waals surface area contributed by atoms with E-state index in [2.05, 4.69) is 0 Å². The van der Waals surface area contributed by atoms with Crippen molar-refractivity contribution in [2.75, 3.05) is 6.61 Å². The van der Waals surface area contributed by atoms with E-state index >= 15 is 0 Å². The summed E-state index contributed by atoms with van der Waals surface area (Å²) in [5, 5.41) is 70.2. The Balaban J connectivity index is 1.57. The number of rotatable bonds is 9. The molecule has 36 heavy (non-hydrogen) atoms. The van der Waals surface area contributed by atoms with E-state index in [1.165, 1.54) is 0 Å². The van der Waals surface area contributed by atoms with Crippen molar-refractivity contribution in [1.29, 1.82) is 0 Å². The first-order valence-electron chi connectivity index (χ1n) is 12.3. The zero-order valence-electron chi connectivity index (χ0n) is 20.2. The third-order valence-corrected chi connectivity index (χ3v) is 7.07. The number of hydrogen-bond acceptors (Lipinski definition) is 9. The summed E-state index contributed by atoms with van der Waals surface area (Å²) in [5.74, 6) is 0. The summed E-state index contributed by atoms with van der Waals surface area (Å²) in [6.45, 7) is 1.49. The van der Waals surface area contributed by atoms with Crippen LogP contribution in [-0.2, 0) is 9.47 Å². The molecule has 2 heterocycles. The summed E-state index contributed by atoms with van der Waals surface area (Å²) in [5.41, 5.74) is 1.55. The first kappa shape index (κ1) is 29.2. The van der Waals surface area contributed by atoms with Crippen molar-refractivity contribution in [2.45, 2.75) is 93.6 Å². The molecule has 2 aliphatic rings. The Labute approximate surface area is 215 Å². The molecule has 3 rings (SSSR count). The quantitative estimate of drug-likeness (QED) is 0.244. The van der Waals surface area contributed by atoms with Crippen LogP contribution in [0.3, 0.4) is 0 Å². The Morgan fingerprint density at radius 3 is 1.83 bits per heavy atom. The van der Waals surface area contributed by atoms with Crippen molar-refractivity contribution in [3.05, 3.63) is 46.5 Å². The molecule has 0 spiro atoms. The van der Waals surface area contributed by atoms with Gasteiger partial charge in [0.1, 0.15) is 42.7 Å². The van der Waals surface area contributed by atoms with E-state index in [9.17, 15) is 35.7 Å². The molecule has 202 valence electrons. The van der Waals surface area contributed by atoms with E-state index < -0.39 is 67.6 Å². The van der Waals surface area contributed by atoms with Crippen molar-refractivity contribution in [3.63, 3.8) is 0 Å². The van der Waals surface area contributed by atoms with Crippen LogP contribution in [0.2, 0.25) is 5.02 Å². The average Bonchev–Trinajstić information content (AvgIpc) is 2.86. The lowest BCUT2D eigenvalue weighted by Gasteiger charge is -2.40. The highest BCUT2D eigenvalue weighted by molar-refractivity contribution is 6.32. The minimum atomic E-state index is -1.40. The largest absolute Gasteiger partial charge is 0.394 e. The molecule has 10 atom stereocenters. The van der Waals surface area contributed by atoms with Gasteiger partial charge in [0, 0.05) is 5.02 Å². The second-order valence-electron chi connectivity index (χ2n) is 9.40. The number of benzene rings is 1. The molecule has 0 radical (unpaired) electrons. The Kier molecular flexibility index (Phi) is 10.9. The predicted molar refractivity (Wildman–Crippen MR) is 134 cm³/mol. The van der Waals surface area contributed by atoms with Crippen molar-refractivity contribution in [2.24, 2.45) is 0 Å². The molecule has 10 heteroatoms. The first-order valence-corrected chi connectivity index (χ1v) is 12.7. The van der Waals surface area contributed by atoms with Crippen LogP contribution in [0, 0.1) is 0 Å². The van der Waals surface area contributed by atoms with Crippen molar-refractivity contribution >= 4 is 23.8 Å². The molecule has 2 aliphatic heterocycles. The summed E-state index contributed by atoms with van der Waals surface area (Å²) in [6.07, 6.45) is -1.41. The highest BCUT2D eigenvalue weighted by atomic mass is 35.5. The van der Waals surface area contributed by atoms with Gasteiger partial charge in [-0.25, -0.2) is 0 Å². The monoisotopic (exact) mass is 528 g/mol. The molecular weight excluding hydrogens is 492 g/mol. The number of hydrogen-bond donors (Lipinski definition) is 7. The van der Waals surface area contributed by atoms with Crippen LogP contribution in [0.25, 0.3) is 12.2 Å². The maximum atomic E-state index is 10.3.